The van der Waals surface area contributed by atoms with Gasteiger partial charge in [0.05, 0.1) is 21.6 Å². The Morgan fingerprint density at radius 2 is 1.87 bits per heavy atom. The Labute approximate surface area is 224 Å². The van der Waals surface area contributed by atoms with Crippen molar-refractivity contribution in [3.8, 4) is 11.4 Å². The number of likely N-dealkylation sites (tertiary alicyclic amines) is 1. The molecule has 2 N–H and O–H groups in total. The Morgan fingerprint density at radius 3 is 2.61 bits per heavy atom. The molecular weight excluding hydrogens is 496 g/mol. The second-order valence-corrected chi connectivity index (χ2v) is 11.2. The number of nitrogens with zero attached hydrogens (tertiary/aromatic N) is 4. The summed E-state index contributed by atoms with van der Waals surface area (Å²) in [5.41, 5.74) is 3.13. The molecule has 0 spiro atoms. The maximum absolute atomic E-state index is 13.8. The molecule has 1 fully saturated rings. The fourth-order valence-electron chi connectivity index (χ4n) is 5.09. The molecule has 9 heteroatoms. The molecule has 4 heterocycles. The maximum Gasteiger partial charge on any atom is 0.298 e. The van der Waals surface area contributed by atoms with E-state index in [2.05, 4.69) is 50.3 Å². The van der Waals surface area contributed by atoms with Crippen molar-refractivity contribution in [1.29, 1.82) is 0 Å². The topological polar surface area (TPSA) is 84.2 Å². The number of rotatable bonds is 6. The predicted molar refractivity (Wildman–Crippen MR) is 154 cm³/mol. The monoisotopic (exact) mass is 526 g/mol. The first-order chi connectivity index (χ1) is 18.4. The maximum atomic E-state index is 13.8. The highest BCUT2D eigenvalue weighted by Crippen LogP contribution is 2.29. The van der Waals surface area contributed by atoms with E-state index in [-0.39, 0.29) is 29.4 Å². The Balaban J connectivity index is 1.49. The van der Waals surface area contributed by atoms with E-state index >= 15 is 0 Å². The number of amides is 1. The number of anilines is 1. The van der Waals surface area contributed by atoms with E-state index in [1.807, 2.05) is 56.4 Å². The molecule has 5 aromatic rings. The zero-order valence-corrected chi connectivity index (χ0v) is 22.5. The third-order valence-corrected chi connectivity index (χ3v) is 7.92. The first kappa shape index (κ1) is 24.4. The number of hydrogen-bond donors (Lipinski definition) is 2. The lowest BCUT2D eigenvalue weighted by atomic mass is 10.2. The smallest absolute Gasteiger partial charge is 0.298 e. The Kier molecular flexibility index (Phi) is 6.25. The van der Waals surface area contributed by atoms with E-state index in [0.717, 1.165) is 41.8 Å². The van der Waals surface area contributed by atoms with Gasteiger partial charge in [-0.2, -0.15) is 0 Å². The SMILES string of the molecule is CC(C)Nc1nc2sc(C(=O)N[C@@H]3CCN(C)C3)cc2n(-c2ccc3ccn(-c4ccccc4)c3c2)c1=O. The van der Waals surface area contributed by atoms with Gasteiger partial charge in [-0.15, -0.1) is 11.3 Å². The van der Waals surface area contributed by atoms with Gasteiger partial charge in [-0.05, 0) is 70.3 Å². The summed E-state index contributed by atoms with van der Waals surface area (Å²) in [7, 11) is 2.06. The molecule has 0 unspecified atom stereocenters. The number of benzene rings is 2. The average Bonchev–Trinajstić information content (AvgIpc) is 3.62. The molecule has 194 valence electrons. The second-order valence-electron chi connectivity index (χ2n) is 10.2. The van der Waals surface area contributed by atoms with Crippen molar-refractivity contribution in [3.63, 3.8) is 0 Å². The van der Waals surface area contributed by atoms with Crippen LogP contribution in [0.5, 0.6) is 0 Å². The quantitative estimate of drug-likeness (QED) is 0.337. The number of fused-ring (bicyclic) bond motifs is 2. The van der Waals surface area contributed by atoms with Crippen LogP contribution in [0, 0.1) is 0 Å². The second kappa shape index (κ2) is 9.74. The van der Waals surface area contributed by atoms with Crippen LogP contribution in [0.1, 0.15) is 29.9 Å². The molecule has 0 saturated carbocycles. The van der Waals surface area contributed by atoms with Gasteiger partial charge >= 0.3 is 0 Å². The lowest BCUT2D eigenvalue weighted by Crippen LogP contribution is -2.36. The number of carbonyl (C=O) groups is 1. The molecular formula is C29H30N6O2S. The van der Waals surface area contributed by atoms with Crippen molar-refractivity contribution in [2.45, 2.75) is 32.4 Å². The standard InChI is InChI=1S/C29H30N6O2S/c1-18(2)30-26-29(37)35(22-10-9-19-11-14-34(23(19)15-22)21-7-5-4-6-8-21)24-16-25(38-28(24)32-26)27(36)31-20-12-13-33(3)17-20/h4-11,14-16,18,20H,12-13,17H2,1-3H3,(H,30,32)(H,31,36)/t20-/m1/s1. The summed E-state index contributed by atoms with van der Waals surface area (Å²) in [5, 5.41) is 7.42. The van der Waals surface area contributed by atoms with Crippen molar-refractivity contribution in [3.05, 3.63) is 82.1 Å². The van der Waals surface area contributed by atoms with E-state index in [0.29, 0.717) is 15.2 Å². The van der Waals surface area contributed by atoms with Crippen LogP contribution in [0.4, 0.5) is 5.82 Å². The number of hydrogen-bond acceptors (Lipinski definition) is 6. The summed E-state index contributed by atoms with van der Waals surface area (Å²) in [6, 6.07) is 20.1. The summed E-state index contributed by atoms with van der Waals surface area (Å²) in [6.45, 7) is 5.75. The summed E-state index contributed by atoms with van der Waals surface area (Å²) >= 11 is 1.31. The van der Waals surface area contributed by atoms with Crippen LogP contribution < -0.4 is 16.2 Å². The molecule has 0 aliphatic carbocycles. The van der Waals surface area contributed by atoms with Crippen molar-refractivity contribution in [1.82, 2.24) is 24.3 Å². The van der Waals surface area contributed by atoms with E-state index in [1.54, 1.807) is 10.6 Å². The lowest BCUT2D eigenvalue weighted by molar-refractivity contribution is 0.0942. The molecule has 2 aromatic carbocycles. The number of nitrogens with one attached hydrogen (secondary N) is 2. The number of thiophene rings is 1. The van der Waals surface area contributed by atoms with Crippen molar-refractivity contribution < 1.29 is 4.79 Å². The molecule has 1 atom stereocenters. The molecule has 6 rings (SSSR count). The van der Waals surface area contributed by atoms with Gasteiger partial charge in [-0.1, -0.05) is 24.3 Å². The predicted octanol–water partition coefficient (Wildman–Crippen LogP) is 4.65. The van der Waals surface area contributed by atoms with Crippen LogP contribution in [-0.4, -0.2) is 57.1 Å². The molecule has 3 aromatic heterocycles. The first-order valence-electron chi connectivity index (χ1n) is 12.9. The fourth-order valence-corrected chi connectivity index (χ4v) is 6.01. The van der Waals surface area contributed by atoms with Crippen LogP contribution >= 0.6 is 11.3 Å². The minimum absolute atomic E-state index is 0.0287. The van der Waals surface area contributed by atoms with Gasteiger partial charge in [0.25, 0.3) is 11.5 Å². The third kappa shape index (κ3) is 4.48. The Bertz CT molecular complexity index is 1700. The Morgan fingerprint density at radius 1 is 1.05 bits per heavy atom. The van der Waals surface area contributed by atoms with Crippen LogP contribution in [0.15, 0.2) is 71.7 Å². The zero-order valence-electron chi connectivity index (χ0n) is 21.6. The van der Waals surface area contributed by atoms with Gasteiger partial charge < -0.3 is 20.1 Å². The molecule has 1 amide bonds. The summed E-state index contributed by atoms with van der Waals surface area (Å²) in [4.78, 5) is 35.0. The molecule has 38 heavy (non-hydrogen) atoms. The third-order valence-electron chi connectivity index (χ3n) is 6.90. The normalized spacial score (nSPS) is 16.1. The molecule has 8 nitrogen and oxygen atoms in total. The molecule has 0 bridgehead atoms. The van der Waals surface area contributed by atoms with Crippen molar-refractivity contribution in [2.24, 2.45) is 0 Å². The fraction of sp³-hybridized carbons (Fsp3) is 0.276. The van der Waals surface area contributed by atoms with Gasteiger partial charge in [0.2, 0.25) is 0 Å². The van der Waals surface area contributed by atoms with Gasteiger partial charge in [0.15, 0.2) is 5.82 Å². The van der Waals surface area contributed by atoms with E-state index in [1.165, 1.54) is 11.3 Å². The van der Waals surface area contributed by atoms with Crippen LogP contribution in [-0.2, 0) is 0 Å². The number of aromatic nitrogens is 3. The minimum atomic E-state index is -0.245. The highest BCUT2D eigenvalue weighted by atomic mass is 32.1. The minimum Gasteiger partial charge on any atom is -0.363 e. The summed E-state index contributed by atoms with van der Waals surface area (Å²) in [6.07, 6.45) is 2.97. The lowest BCUT2D eigenvalue weighted by Gasteiger charge is -2.14. The van der Waals surface area contributed by atoms with Crippen LogP contribution in [0.3, 0.4) is 0 Å². The largest absolute Gasteiger partial charge is 0.363 e. The first-order valence-corrected chi connectivity index (χ1v) is 13.7. The molecule has 1 aliphatic heterocycles. The zero-order chi connectivity index (χ0) is 26.4. The van der Waals surface area contributed by atoms with Gasteiger partial charge in [0.1, 0.15) is 4.83 Å². The molecule has 0 radical (unpaired) electrons. The van der Waals surface area contributed by atoms with Gasteiger partial charge in [-0.25, -0.2) is 4.98 Å². The number of para-hydroxylation sites is 1. The van der Waals surface area contributed by atoms with Gasteiger partial charge in [-0.3, -0.25) is 14.2 Å². The van der Waals surface area contributed by atoms with Crippen LogP contribution in [0.25, 0.3) is 32.6 Å². The highest BCUT2D eigenvalue weighted by Gasteiger charge is 2.24. The summed E-state index contributed by atoms with van der Waals surface area (Å²) in [5.74, 6) is 0.149. The molecule has 1 saturated heterocycles. The van der Waals surface area contributed by atoms with Crippen molar-refractivity contribution >= 4 is 44.3 Å². The molecule has 1 aliphatic rings. The van der Waals surface area contributed by atoms with E-state index in [9.17, 15) is 9.59 Å². The number of carbonyl (C=O) groups excluding carboxylic acids is 1. The number of likely N-dealkylation sites (N-methyl/N-ethyl adjacent to an activating group) is 1. The van der Waals surface area contributed by atoms with Crippen molar-refractivity contribution in [2.75, 3.05) is 25.5 Å². The van der Waals surface area contributed by atoms with E-state index < -0.39 is 0 Å². The Hall–Kier alpha value is -3.95. The van der Waals surface area contributed by atoms with Gasteiger partial charge in [0, 0.05) is 35.9 Å². The highest BCUT2D eigenvalue weighted by molar-refractivity contribution is 7.20. The average molecular weight is 527 g/mol. The summed E-state index contributed by atoms with van der Waals surface area (Å²) < 4.78 is 3.78. The van der Waals surface area contributed by atoms with Crippen LogP contribution in [0.2, 0.25) is 0 Å². The van der Waals surface area contributed by atoms with E-state index in [4.69, 9.17) is 0 Å².